The van der Waals surface area contributed by atoms with Gasteiger partial charge in [0.2, 0.25) is 0 Å². The topological polar surface area (TPSA) is 74.0 Å². The van der Waals surface area contributed by atoms with E-state index in [-0.39, 0.29) is 42.0 Å². The van der Waals surface area contributed by atoms with Gasteiger partial charge in [0, 0.05) is 29.1 Å². The fraction of sp³-hybridized carbons (Fsp3) is 0.630. The van der Waals surface area contributed by atoms with Crippen LogP contribution >= 0.6 is 0 Å². The molecule has 2 atom stereocenters. The Morgan fingerprint density at radius 1 is 1.11 bits per heavy atom. The normalized spacial score (nSPS) is 25.9. The smallest absolute Gasteiger partial charge is 0.444 e. The molecule has 1 saturated carbocycles. The van der Waals surface area contributed by atoms with Crippen LogP contribution in [0.25, 0.3) is 11.3 Å². The fourth-order valence-electron chi connectivity index (χ4n) is 5.63. The van der Waals surface area contributed by atoms with Crippen LogP contribution in [0.2, 0.25) is 0 Å². The molecule has 10 heteroatoms. The van der Waals surface area contributed by atoms with E-state index in [2.05, 4.69) is 9.89 Å². The zero-order chi connectivity index (χ0) is 26.6. The second-order valence-corrected chi connectivity index (χ2v) is 11.6. The third kappa shape index (κ3) is 5.73. The number of hydrogen-bond donors (Lipinski definition) is 0. The molecule has 1 aromatic carbocycles. The number of piperidine rings is 1. The number of alkyl halides is 3. The van der Waals surface area contributed by atoms with Crippen molar-refractivity contribution in [1.29, 1.82) is 0 Å². The van der Waals surface area contributed by atoms with E-state index in [4.69, 9.17) is 14.0 Å². The zero-order valence-electron chi connectivity index (χ0n) is 21.6. The highest BCUT2D eigenvalue weighted by molar-refractivity contribution is 5.71. The molecule has 37 heavy (non-hydrogen) atoms. The van der Waals surface area contributed by atoms with Gasteiger partial charge in [0.15, 0.2) is 0 Å². The van der Waals surface area contributed by atoms with Crippen LogP contribution in [-0.2, 0) is 16.1 Å². The molecule has 1 aliphatic carbocycles. The molecular weight excluding hydrogens is 489 g/mol. The van der Waals surface area contributed by atoms with Crippen LogP contribution in [0.3, 0.4) is 0 Å². The maximum Gasteiger partial charge on any atom is 0.573 e. The Bertz CT molecular complexity index is 1140. The summed E-state index contributed by atoms with van der Waals surface area (Å²) in [6, 6.07) is 5.97. The minimum atomic E-state index is -4.83. The van der Waals surface area contributed by atoms with Gasteiger partial charge < -0.3 is 23.6 Å². The van der Waals surface area contributed by atoms with E-state index in [0.29, 0.717) is 29.9 Å². The molecule has 5 rings (SSSR count). The van der Waals surface area contributed by atoms with Gasteiger partial charge in [0.25, 0.3) is 0 Å². The molecule has 202 valence electrons. The van der Waals surface area contributed by atoms with Crippen molar-refractivity contribution in [2.45, 2.75) is 108 Å². The molecule has 3 aliphatic rings. The van der Waals surface area contributed by atoms with Crippen LogP contribution in [-0.4, -0.2) is 45.8 Å². The van der Waals surface area contributed by atoms with Gasteiger partial charge in [0.1, 0.15) is 22.8 Å². The predicted octanol–water partition coefficient (Wildman–Crippen LogP) is 6.95. The summed E-state index contributed by atoms with van der Waals surface area (Å²) in [6.45, 7) is 7.75. The minimum Gasteiger partial charge on any atom is -0.444 e. The number of aromatic nitrogens is 1. The van der Waals surface area contributed by atoms with E-state index in [1.807, 2.05) is 32.6 Å². The van der Waals surface area contributed by atoms with E-state index in [0.717, 1.165) is 25.7 Å². The van der Waals surface area contributed by atoms with E-state index in [1.54, 1.807) is 12.1 Å². The fourth-order valence-corrected chi connectivity index (χ4v) is 5.63. The van der Waals surface area contributed by atoms with Crippen LogP contribution in [0.15, 0.2) is 28.8 Å². The number of benzene rings is 1. The first-order valence-corrected chi connectivity index (χ1v) is 12.8. The second-order valence-electron chi connectivity index (χ2n) is 11.6. The second kappa shape index (κ2) is 9.22. The van der Waals surface area contributed by atoms with Crippen molar-refractivity contribution < 1.29 is 36.7 Å². The summed E-state index contributed by atoms with van der Waals surface area (Å²) >= 11 is 0. The Balaban J connectivity index is 1.36. The third-order valence-corrected chi connectivity index (χ3v) is 7.26. The van der Waals surface area contributed by atoms with E-state index in [9.17, 15) is 18.0 Å². The molecule has 2 aliphatic heterocycles. The van der Waals surface area contributed by atoms with Crippen LogP contribution in [0.4, 0.5) is 18.0 Å². The molecule has 0 radical (unpaired) electrons. The number of hydrogen-bond acceptors (Lipinski definition) is 6. The predicted molar refractivity (Wildman–Crippen MR) is 128 cm³/mol. The Labute approximate surface area is 214 Å². The molecule has 2 unspecified atom stereocenters. The molecule has 0 spiro atoms. The van der Waals surface area contributed by atoms with Gasteiger partial charge in [-0.2, -0.15) is 0 Å². The highest BCUT2D eigenvalue weighted by atomic mass is 19.4. The standard InChI is InChI=1S/C27H33F3N2O5/c1-25(2,3)36-24(33)32-17-11-12-18(32)14-26(4,13-17)34-15-20-22(31-37-23(20)16-9-10-16)19-7-5-6-8-21(19)35-27(28,29)30/h5-8,16-18H,9-15H2,1-4H3. The van der Waals surface area contributed by atoms with Crippen molar-refractivity contribution in [3.05, 3.63) is 35.6 Å². The summed E-state index contributed by atoms with van der Waals surface area (Å²) in [6.07, 6.45) is -0.173. The summed E-state index contributed by atoms with van der Waals surface area (Å²) in [5.41, 5.74) is 0.0910. The number of nitrogens with zero attached hydrogens (tertiary/aromatic N) is 2. The Hall–Kier alpha value is -2.75. The maximum absolute atomic E-state index is 13.1. The van der Waals surface area contributed by atoms with Crippen LogP contribution in [0.1, 0.15) is 83.5 Å². The molecule has 3 heterocycles. The third-order valence-electron chi connectivity index (χ3n) is 7.26. The number of carbonyl (C=O) groups excluding carboxylic acids is 1. The molecule has 3 fully saturated rings. The summed E-state index contributed by atoms with van der Waals surface area (Å²) in [5.74, 6) is 0.518. The monoisotopic (exact) mass is 522 g/mol. The number of amides is 1. The zero-order valence-corrected chi connectivity index (χ0v) is 21.6. The first kappa shape index (κ1) is 25.9. The van der Waals surface area contributed by atoms with E-state index in [1.165, 1.54) is 12.1 Å². The minimum absolute atomic E-state index is 0.0179. The molecule has 7 nitrogen and oxygen atoms in total. The van der Waals surface area contributed by atoms with Crippen LogP contribution in [0.5, 0.6) is 5.75 Å². The van der Waals surface area contributed by atoms with Crippen molar-refractivity contribution in [3.8, 4) is 17.0 Å². The van der Waals surface area contributed by atoms with Gasteiger partial charge in [-0.1, -0.05) is 17.3 Å². The lowest BCUT2D eigenvalue weighted by molar-refractivity contribution is -0.274. The summed E-state index contributed by atoms with van der Waals surface area (Å²) in [5, 5.41) is 4.16. The Kier molecular flexibility index (Phi) is 6.45. The molecule has 1 amide bonds. The van der Waals surface area contributed by atoms with Crippen molar-refractivity contribution >= 4 is 6.09 Å². The van der Waals surface area contributed by atoms with Gasteiger partial charge in [0.05, 0.1) is 12.2 Å². The Morgan fingerprint density at radius 3 is 2.35 bits per heavy atom. The molecule has 0 N–H and O–H groups in total. The highest BCUT2D eigenvalue weighted by Crippen LogP contribution is 2.47. The highest BCUT2D eigenvalue weighted by Gasteiger charge is 2.50. The van der Waals surface area contributed by atoms with Gasteiger partial charge in [-0.05, 0) is 78.4 Å². The largest absolute Gasteiger partial charge is 0.573 e. The number of ether oxygens (including phenoxy) is 3. The van der Waals surface area contributed by atoms with Crippen LogP contribution in [0, 0.1) is 0 Å². The van der Waals surface area contributed by atoms with Crippen molar-refractivity contribution in [3.63, 3.8) is 0 Å². The van der Waals surface area contributed by atoms with Gasteiger partial charge >= 0.3 is 12.5 Å². The Morgan fingerprint density at radius 2 is 1.76 bits per heavy atom. The first-order valence-electron chi connectivity index (χ1n) is 12.8. The number of rotatable bonds is 6. The van der Waals surface area contributed by atoms with E-state index >= 15 is 0 Å². The van der Waals surface area contributed by atoms with Crippen LogP contribution < -0.4 is 4.74 Å². The van der Waals surface area contributed by atoms with E-state index < -0.39 is 17.6 Å². The lowest BCUT2D eigenvalue weighted by Crippen LogP contribution is -2.54. The molecular formula is C27H33F3N2O5. The number of halogens is 3. The summed E-state index contributed by atoms with van der Waals surface area (Å²) < 4.78 is 61.2. The van der Waals surface area contributed by atoms with Gasteiger partial charge in [-0.25, -0.2) is 4.79 Å². The lowest BCUT2D eigenvalue weighted by atomic mass is 9.87. The first-order chi connectivity index (χ1) is 17.3. The molecule has 2 saturated heterocycles. The van der Waals surface area contributed by atoms with Crippen molar-refractivity contribution in [1.82, 2.24) is 10.1 Å². The molecule has 1 aromatic heterocycles. The average molecular weight is 523 g/mol. The molecule has 2 aromatic rings. The number of fused-ring (bicyclic) bond motifs is 2. The summed E-state index contributed by atoms with van der Waals surface area (Å²) in [4.78, 5) is 14.7. The summed E-state index contributed by atoms with van der Waals surface area (Å²) in [7, 11) is 0. The van der Waals surface area contributed by atoms with Crippen molar-refractivity contribution in [2.24, 2.45) is 0 Å². The van der Waals surface area contributed by atoms with Gasteiger partial charge in [-0.15, -0.1) is 13.2 Å². The SMILES string of the molecule is CC(C)(C)OC(=O)N1C2CCC1CC(C)(OCc1c(-c3ccccc3OC(F)(F)F)noc1C1CC1)C2. The average Bonchev–Trinajstić information content (AvgIpc) is 3.46. The lowest BCUT2D eigenvalue weighted by Gasteiger charge is -2.44. The number of carbonyl (C=O) groups is 1. The van der Waals surface area contributed by atoms with Gasteiger partial charge in [-0.3, -0.25) is 0 Å². The van der Waals surface area contributed by atoms with Crippen molar-refractivity contribution in [2.75, 3.05) is 0 Å². The maximum atomic E-state index is 13.1. The molecule has 2 bridgehead atoms. The quantitative estimate of drug-likeness (QED) is 0.409. The number of para-hydroxylation sites is 1.